The van der Waals surface area contributed by atoms with E-state index >= 15 is 0 Å². The summed E-state index contributed by atoms with van der Waals surface area (Å²) in [6.07, 6.45) is 0.794. The van der Waals surface area contributed by atoms with Crippen LogP contribution in [0.3, 0.4) is 0 Å². The van der Waals surface area contributed by atoms with Crippen LogP contribution in [-0.4, -0.2) is 14.9 Å². The summed E-state index contributed by atoms with van der Waals surface area (Å²) in [5, 5.41) is 14.8. The smallest absolute Gasteiger partial charge is 0.155 e. The Bertz CT molecular complexity index is 702. The zero-order chi connectivity index (χ0) is 12.7. The maximum atomic E-state index is 13.1. The van der Waals surface area contributed by atoms with Gasteiger partial charge in [0, 0.05) is 18.6 Å². The zero-order valence-electron chi connectivity index (χ0n) is 9.67. The molecule has 1 atom stereocenters. The highest BCUT2D eigenvalue weighted by atomic mass is 19.1. The third-order valence-electron chi connectivity index (χ3n) is 2.78. The Hall–Kier alpha value is -2.14. The van der Waals surface area contributed by atoms with Crippen LogP contribution in [-0.2, 0) is 7.05 Å². The number of hydrogen-bond acceptors (Lipinski definition) is 3. The molecular weight excluding hydrogens is 235 g/mol. The van der Waals surface area contributed by atoms with Crippen molar-refractivity contribution in [1.29, 1.82) is 0 Å². The van der Waals surface area contributed by atoms with Crippen molar-refractivity contribution in [3.05, 3.63) is 53.8 Å². The third kappa shape index (κ3) is 1.78. The maximum absolute atomic E-state index is 13.1. The van der Waals surface area contributed by atoms with Gasteiger partial charge in [-0.25, -0.2) is 4.39 Å². The summed E-state index contributed by atoms with van der Waals surface area (Å²) in [7, 11) is 1.77. The highest BCUT2D eigenvalue weighted by Crippen LogP contribution is 2.27. The first kappa shape index (κ1) is 11.0. The van der Waals surface area contributed by atoms with E-state index in [-0.39, 0.29) is 5.82 Å². The van der Waals surface area contributed by atoms with Crippen molar-refractivity contribution >= 4 is 11.0 Å². The second-order valence-corrected chi connectivity index (χ2v) is 4.15. The minimum absolute atomic E-state index is 0.331. The molecule has 1 N–H and O–H groups in total. The van der Waals surface area contributed by atoms with Gasteiger partial charge in [-0.3, -0.25) is 4.68 Å². The van der Waals surface area contributed by atoms with Crippen molar-refractivity contribution in [2.45, 2.75) is 6.10 Å². The highest BCUT2D eigenvalue weighted by molar-refractivity contribution is 5.78. The lowest BCUT2D eigenvalue weighted by Crippen LogP contribution is -2.00. The molecule has 0 spiro atoms. The molecule has 0 aliphatic carbocycles. The fourth-order valence-corrected chi connectivity index (χ4v) is 1.89. The Labute approximate surface area is 102 Å². The normalized spacial score (nSPS) is 13.1. The molecule has 4 nitrogen and oxygen atoms in total. The van der Waals surface area contributed by atoms with E-state index in [1.807, 2.05) is 0 Å². The molecular formula is C13H11FN2O2. The lowest BCUT2D eigenvalue weighted by atomic mass is 10.2. The number of nitrogens with zero attached hydrogens (tertiary/aromatic N) is 2. The molecule has 18 heavy (non-hydrogen) atoms. The largest absolute Gasteiger partial charge is 0.458 e. The predicted octanol–water partition coefficient (Wildman–Crippen LogP) is 2.39. The first-order valence-electron chi connectivity index (χ1n) is 5.50. The fourth-order valence-electron chi connectivity index (χ4n) is 1.89. The summed E-state index contributed by atoms with van der Waals surface area (Å²) in [5.41, 5.74) is 1.04. The number of aliphatic hydroxyl groups is 1. The van der Waals surface area contributed by atoms with E-state index in [2.05, 4.69) is 5.10 Å². The number of furan rings is 1. The molecule has 1 unspecified atom stereocenters. The van der Waals surface area contributed by atoms with Crippen molar-refractivity contribution in [3.8, 4) is 0 Å². The van der Waals surface area contributed by atoms with Crippen LogP contribution < -0.4 is 0 Å². The molecule has 0 bridgehead atoms. The van der Waals surface area contributed by atoms with Gasteiger partial charge < -0.3 is 9.52 Å². The molecule has 0 aliphatic rings. The summed E-state index contributed by atoms with van der Waals surface area (Å²) in [4.78, 5) is 0. The molecule has 0 saturated heterocycles. The molecule has 2 heterocycles. The van der Waals surface area contributed by atoms with Crippen LogP contribution in [0.15, 0.2) is 40.9 Å². The van der Waals surface area contributed by atoms with E-state index in [1.54, 1.807) is 36.1 Å². The van der Waals surface area contributed by atoms with Gasteiger partial charge in [-0.05, 0) is 30.3 Å². The van der Waals surface area contributed by atoms with Crippen LogP contribution in [0.25, 0.3) is 11.0 Å². The molecule has 0 saturated carbocycles. The van der Waals surface area contributed by atoms with Gasteiger partial charge in [-0.1, -0.05) is 0 Å². The van der Waals surface area contributed by atoms with Crippen LogP contribution >= 0.6 is 0 Å². The standard InChI is InChI=1S/C13H11FN2O2/c1-16-5-4-10(15-16)13(17)12-7-8-6-9(14)2-3-11(8)18-12/h2-7,13,17H,1H3. The summed E-state index contributed by atoms with van der Waals surface area (Å²) in [6, 6.07) is 7.56. The monoisotopic (exact) mass is 246 g/mol. The van der Waals surface area contributed by atoms with Gasteiger partial charge in [0.15, 0.2) is 6.10 Å². The van der Waals surface area contributed by atoms with Crippen molar-refractivity contribution in [2.75, 3.05) is 0 Å². The molecule has 3 rings (SSSR count). The number of hydrogen-bond donors (Lipinski definition) is 1. The Morgan fingerprint density at radius 3 is 2.89 bits per heavy atom. The Balaban J connectivity index is 2.03. The Morgan fingerprint density at radius 2 is 2.17 bits per heavy atom. The first-order chi connectivity index (χ1) is 8.63. The van der Waals surface area contributed by atoms with Crippen molar-refractivity contribution in [3.63, 3.8) is 0 Å². The van der Waals surface area contributed by atoms with E-state index in [0.717, 1.165) is 0 Å². The molecule has 5 heteroatoms. The molecule has 92 valence electrons. The lowest BCUT2D eigenvalue weighted by molar-refractivity contribution is 0.187. The molecule has 0 fully saturated rings. The first-order valence-corrected chi connectivity index (χ1v) is 5.50. The average molecular weight is 246 g/mol. The van der Waals surface area contributed by atoms with Crippen LogP contribution in [0, 0.1) is 5.82 Å². The maximum Gasteiger partial charge on any atom is 0.155 e. The van der Waals surface area contributed by atoms with Gasteiger partial charge in [-0.15, -0.1) is 0 Å². The van der Waals surface area contributed by atoms with Gasteiger partial charge in [0.05, 0.1) is 5.69 Å². The number of aromatic nitrogens is 2. The van der Waals surface area contributed by atoms with E-state index in [9.17, 15) is 9.50 Å². The van der Waals surface area contributed by atoms with Crippen molar-refractivity contribution < 1.29 is 13.9 Å². The lowest BCUT2D eigenvalue weighted by Gasteiger charge is -2.02. The number of benzene rings is 1. The number of fused-ring (bicyclic) bond motifs is 1. The quantitative estimate of drug-likeness (QED) is 0.755. The van der Waals surface area contributed by atoms with E-state index in [1.165, 1.54) is 12.1 Å². The molecule has 0 amide bonds. The molecule has 1 aromatic carbocycles. The highest BCUT2D eigenvalue weighted by Gasteiger charge is 2.18. The summed E-state index contributed by atoms with van der Waals surface area (Å²) < 4.78 is 20.1. The summed E-state index contributed by atoms with van der Waals surface area (Å²) in [6.45, 7) is 0. The topological polar surface area (TPSA) is 51.2 Å². The van der Waals surface area contributed by atoms with Crippen LogP contribution in [0.4, 0.5) is 4.39 Å². The van der Waals surface area contributed by atoms with Gasteiger partial charge >= 0.3 is 0 Å². The Kier molecular flexibility index (Phi) is 2.41. The number of halogens is 1. The fraction of sp³-hybridized carbons (Fsp3) is 0.154. The molecule has 3 aromatic rings. The number of aryl methyl sites for hydroxylation is 1. The zero-order valence-corrected chi connectivity index (χ0v) is 9.67. The van der Waals surface area contributed by atoms with Gasteiger partial charge in [0.2, 0.25) is 0 Å². The van der Waals surface area contributed by atoms with Gasteiger partial charge in [0.25, 0.3) is 0 Å². The predicted molar refractivity (Wildman–Crippen MR) is 63.4 cm³/mol. The third-order valence-corrected chi connectivity index (χ3v) is 2.78. The summed E-state index contributed by atoms with van der Waals surface area (Å²) >= 11 is 0. The minimum Gasteiger partial charge on any atom is -0.458 e. The minimum atomic E-state index is -0.943. The second-order valence-electron chi connectivity index (χ2n) is 4.15. The van der Waals surface area contributed by atoms with Crippen LogP contribution in [0.2, 0.25) is 0 Å². The number of rotatable bonds is 2. The summed E-state index contributed by atoms with van der Waals surface area (Å²) in [5.74, 6) is 0.0245. The van der Waals surface area contributed by atoms with Crippen LogP contribution in [0.5, 0.6) is 0 Å². The molecule has 0 aliphatic heterocycles. The Morgan fingerprint density at radius 1 is 1.33 bits per heavy atom. The number of aliphatic hydroxyl groups excluding tert-OH is 1. The van der Waals surface area contributed by atoms with E-state index < -0.39 is 6.10 Å². The molecule has 2 aromatic heterocycles. The van der Waals surface area contributed by atoms with E-state index in [4.69, 9.17) is 4.42 Å². The second kappa shape index (κ2) is 3.96. The average Bonchev–Trinajstić information content (AvgIpc) is 2.93. The van der Waals surface area contributed by atoms with Crippen LogP contribution in [0.1, 0.15) is 17.6 Å². The van der Waals surface area contributed by atoms with Crippen molar-refractivity contribution in [2.24, 2.45) is 7.05 Å². The molecule has 0 radical (unpaired) electrons. The van der Waals surface area contributed by atoms with E-state index in [0.29, 0.717) is 22.4 Å². The van der Waals surface area contributed by atoms with Gasteiger partial charge in [-0.2, -0.15) is 5.10 Å². The van der Waals surface area contributed by atoms with Gasteiger partial charge in [0.1, 0.15) is 17.2 Å². The van der Waals surface area contributed by atoms with Crippen molar-refractivity contribution in [1.82, 2.24) is 9.78 Å². The SMILES string of the molecule is Cn1ccc(C(O)c2cc3cc(F)ccc3o2)n1.